The van der Waals surface area contributed by atoms with Gasteiger partial charge in [-0.25, -0.2) is 0 Å². The summed E-state index contributed by atoms with van der Waals surface area (Å²) in [6, 6.07) is 0.654. The number of rotatable bonds is 1. The van der Waals surface area contributed by atoms with Gasteiger partial charge >= 0.3 is 0 Å². The Morgan fingerprint density at radius 2 is 1.80 bits per heavy atom. The van der Waals surface area contributed by atoms with Crippen LogP contribution in [-0.4, -0.2) is 13.1 Å². The largest absolute Gasteiger partial charge is 0.313 e. The van der Waals surface area contributed by atoms with Gasteiger partial charge in [0.15, 0.2) is 0 Å². The predicted octanol–water partition coefficient (Wildman–Crippen LogP) is 4.07. The van der Waals surface area contributed by atoms with Crippen LogP contribution < -0.4 is 5.32 Å². The van der Waals surface area contributed by atoms with Gasteiger partial charge in [-0.2, -0.15) is 0 Å². The second-order valence-electron chi connectivity index (χ2n) is 3.38. The Bertz CT molecular complexity index is 213. The summed E-state index contributed by atoms with van der Waals surface area (Å²) >= 11 is 0. The van der Waals surface area contributed by atoms with Crippen LogP contribution in [-0.2, 0) is 0 Å². The number of allylic oxidation sites excluding steroid dienone is 2. The summed E-state index contributed by atoms with van der Waals surface area (Å²) in [7, 11) is 2.06. The van der Waals surface area contributed by atoms with Crippen LogP contribution in [0.1, 0.15) is 53.4 Å². The lowest BCUT2D eigenvalue weighted by molar-refractivity contribution is 0.635. The van der Waals surface area contributed by atoms with Gasteiger partial charge in [-0.15, -0.1) is 0 Å². The van der Waals surface area contributed by atoms with Crippen molar-refractivity contribution in [3.8, 4) is 0 Å². The van der Waals surface area contributed by atoms with Crippen molar-refractivity contribution in [2.75, 3.05) is 7.05 Å². The molecule has 2 aliphatic rings. The molecular formula is C14H27N. The Morgan fingerprint density at radius 3 is 2.40 bits per heavy atom. The molecule has 0 aliphatic heterocycles. The Balaban J connectivity index is 0.000000442. The zero-order valence-corrected chi connectivity index (χ0v) is 11.1. The van der Waals surface area contributed by atoms with Crippen molar-refractivity contribution < 1.29 is 0 Å². The minimum atomic E-state index is 0.654. The lowest BCUT2D eigenvalue weighted by atomic mass is 9.99. The number of hydrogen-bond donors (Lipinski definition) is 1. The Hall–Kier alpha value is -0.560. The van der Waals surface area contributed by atoms with Crippen LogP contribution in [0.25, 0.3) is 0 Å². The molecule has 0 heterocycles. The molecule has 2 rings (SSSR count). The monoisotopic (exact) mass is 209 g/mol. The summed E-state index contributed by atoms with van der Waals surface area (Å²) in [5.41, 5.74) is 3.28. The highest BCUT2D eigenvalue weighted by Gasteiger charge is 2.22. The zero-order chi connectivity index (χ0) is 11.7. The van der Waals surface area contributed by atoms with Crippen LogP contribution in [0.15, 0.2) is 23.3 Å². The molecule has 0 aromatic rings. The zero-order valence-electron chi connectivity index (χ0n) is 11.1. The second kappa shape index (κ2) is 8.72. The van der Waals surface area contributed by atoms with E-state index in [1.807, 2.05) is 27.7 Å². The Labute approximate surface area is 95.7 Å². The predicted molar refractivity (Wildman–Crippen MR) is 70.2 cm³/mol. The van der Waals surface area contributed by atoms with Crippen molar-refractivity contribution in [1.82, 2.24) is 5.32 Å². The lowest BCUT2D eigenvalue weighted by Crippen LogP contribution is -2.23. The SMILES string of the molecule is CC.CC.CN[C@H]1CCC2=C1C=CCC2. The maximum Gasteiger partial charge on any atom is 0.0320 e. The molecule has 0 saturated carbocycles. The fourth-order valence-corrected chi connectivity index (χ4v) is 2.14. The van der Waals surface area contributed by atoms with Gasteiger partial charge in [0.25, 0.3) is 0 Å². The van der Waals surface area contributed by atoms with Gasteiger partial charge in [0, 0.05) is 6.04 Å². The fourth-order valence-electron chi connectivity index (χ4n) is 2.14. The summed E-state index contributed by atoms with van der Waals surface area (Å²) in [6.45, 7) is 8.00. The van der Waals surface area contributed by atoms with Gasteiger partial charge < -0.3 is 5.32 Å². The van der Waals surface area contributed by atoms with E-state index in [2.05, 4.69) is 24.5 Å². The molecule has 0 spiro atoms. The fraction of sp³-hybridized carbons (Fsp3) is 0.714. The molecule has 88 valence electrons. The first-order valence-electron chi connectivity index (χ1n) is 6.47. The molecule has 15 heavy (non-hydrogen) atoms. The van der Waals surface area contributed by atoms with Crippen molar-refractivity contribution in [3.05, 3.63) is 23.3 Å². The summed E-state index contributed by atoms with van der Waals surface area (Å²) in [5, 5.41) is 3.35. The van der Waals surface area contributed by atoms with Crippen LogP contribution in [0.3, 0.4) is 0 Å². The highest BCUT2D eigenvalue weighted by molar-refractivity contribution is 5.37. The van der Waals surface area contributed by atoms with E-state index in [4.69, 9.17) is 0 Å². The Kier molecular flexibility index (Phi) is 8.40. The van der Waals surface area contributed by atoms with Crippen molar-refractivity contribution in [2.45, 2.75) is 59.4 Å². The van der Waals surface area contributed by atoms with Gasteiger partial charge in [0.1, 0.15) is 0 Å². The van der Waals surface area contributed by atoms with E-state index in [1.165, 1.54) is 25.7 Å². The minimum Gasteiger partial charge on any atom is -0.313 e. The normalized spacial score (nSPS) is 22.3. The summed E-state index contributed by atoms with van der Waals surface area (Å²) in [4.78, 5) is 0. The molecule has 1 nitrogen and oxygen atoms in total. The maximum absolute atomic E-state index is 3.35. The summed E-state index contributed by atoms with van der Waals surface area (Å²) in [5.74, 6) is 0. The van der Waals surface area contributed by atoms with Gasteiger partial charge in [-0.05, 0) is 38.3 Å². The number of hydrogen-bond acceptors (Lipinski definition) is 1. The van der Waals surface area contributed by atoms with Crippen LogP contribution in [0.2, 0.25) is 0 Å². The third-order valence-corrected chi connectivity index (χ3v) is 2.78. The molecule has 1 N–H and O–H groups in total. The topological polar surface area (TPSA) is 12.0 Å². The van der Waals surface area contributed by atoms with Crippen molar-refractivity contribution in [1.29, 1.82) is 0 Å². The first-order chi connectivity index (χ1) is 7.42. The quantitative estimate of drug-likeness (QED) is 0.686. The molecule has 0 saturated heterocycles. The molecule has 0 radical (unpaired) electrons. The standard InChI is InChI=1S/C10H15N.2C2H6/c1-11-10-7-6-8-4-2-3-5-9(8)10;2*1-2/h3,5,10-11H,2,4,6-7H2,1H3;2*1-2H3/t10-;;/m0../s1. The van der Waals surface area contributed by atoms with Gasteiger partial charge in [0.05, 0.1) is 0 Å². The van der Waals surface area contributed by atoms with Crippen molar-refractivity contribution in [2.24, 2.45) is 0 Å². The lowest BCUT2D eigenvalue weighted by Gasteiger charge is -2.13. The maximum atomic E-state index is 3.35. The highest BCUT2D eigenvalue weighted by Crippen LogP contribution is 2.33. The molecular weight excluding hydrogens is 182 g/mol. The third-order valence-electron chi connectivity index (χ3n) is 2.78. The van der Waals surface area contributed by atoms with Gasteiger partial charge in [-0.1, -0.05) is 45.4 Å². The van der Waals surface area contributed by atoms with Crippen LogP contribution in [0.4, 0.5) is 0 Å². The van der Waals surface area contributed by atoms with Gasteiger partial charge in [0.2, 0.25) is 0 Å². The summed E-state index contributed by atoms with van der Waals surface area (Å²) in [6.07, 6.45) is 9.82. The molecule has 0 aromatic heterocycles. The number of likely N-dealkylation sites (N-methyl/N-ethyl adjacent to an activating group) is 1. The van der Waals surface area contributed by atoms with E-state index < -0.39 is 0 Å². The van der Waals surface area contributed by atoms with E-state index in [-0.39, 0.29) is 0 Å². The van der Waals surface area contributed by atoms with Crippen LogP contribution >= 0.6 is 0 Å². The van der Waals surface area contributed by atoms with E-state index in [1.54, 1.807) is 11.1 Å². The van der Waals surface area contributed by atoms with Crippen molar-refractivity contribution >= 4 is 0 Å². The van der Waals surface area contributed by atoms with Gasteiger partial charge in [-0.3, -0.25) is 0 Å². The van der Waals surface area contributed by atoms with Crippen molar-refractivity contribution in [3.63, 3.8) is 0 Å². The summed E-state index contributed by atoms with van der Waals surface area (Å²) < 4.78 is 0. The molecule has 0 bridgehead atoms. The second-order valence-corrected chi connectivity index (χ2v) is 3.38. The van der Waals surface area contributed by atoms with Crippen LogP contribution in [0, 0.1) is 0 Å². The average molecular weight is 209 g/mol. The molecule has 0 unspecified atom stereocenters. The smallest absolute Gasteiger partial charge is 0.0320 e. The molecule has 0 aromatic carbocycles. The molecule has 1 atom stereocenters. The Morgan fingerprint density at radius 1 is 1.13 bits per heavy atom. The van der Waals surface area contributed by atoms with E-state index in [0.29, 0.717) is 6.04 Å². The number of nitrogens with one attached hydrogen (secondary N) is 1. The third kappa shape index (κ3) is 3.83. The minimum absolute atomic E-state index is 0.654. The first-order valence-corrected chi connectivity index (χ1v) is 6.47. The molecule has 0 amide bonds. The van der Waals surface area contributed by atoms with E-state index in [9.17, 15) is 0 Å². The first kappa shape index (κ1) is 14.4. The van der Waals surface area contributed by atoms with E-state index in [0.717, 1.165) is 0 Å². The molecule has 1 heteroatoms. The molecule has 2 aliphatic carbocycles. The average Bonchev–Trinajstić information content (AvgIpc) is 2.77. The highest BCUT2D eigenvalue weighted by atomic mass is 14.9. The molecule has 0 fully saturated rings. The van der Waals surface area contributed by atoms with E-state index >= 15 is 0 Å². The van der Waals surface area contributed by atoms with Crippen LogP contribution in [0.5, 0.6) is 0 Å².